The topological polar surface area (TPSA) is 75.1 Å². The largest absolute Gasteiger partial charge is 0.480 e. The third-order valence-corrected chi connectivity index (χ3v) is 7.97. The molecule has 2 heterocycles. The molecule has 164 valence electrons. The lowest BCUT2D eigenvalue weighted by Crippen LogP contribution is -2.32. The van der Waals surface area contributed by atoms with Gasteiger partial charge in [-0.15, -0.1) is 11.3 Å². The second-order valence-corrected chi connectivity index (χ2v) is 9.83. The fourth-order valence-electron chi connectivity index (χ4n) is 4.64. The zero-order chi connectivity index (χ0) is 22.0. The summed E-state index contributed by atoms with van der Waals surface area (Å²) in [5.74, 6) is 0.213. The van der Waals surface area contributed by atoms with Gasteiger partial charge in [-0.25, -0.2) is 14.8 Å². The van der Waals surface area contributed by atoms with Gasteiger partial charge in [0.05, 0.1) is 5.39 Å². The fraction of sp³-hybridized carbons (Fsp3) is 0.458. The van der Waals surface area contributed by atoms with Crippen molar-refractivity contribution in [3.8, 4) is 11.1 Å². The number of aliphatic carboxylic acids is 1. The lowest BCUT2D eigenvalue weighted by atomic mass is 9.85. The van der Waals surface area contributed by atoms with Crippen molar-refractivity contribution in [3.05, 3.63) is 40.0 Å². The highest BCUT2D eigenvalue weighted by atomic mass is 35.5. The number of rotatable bonds is 7. The summed E-state index contributed by atoms with van der Waals surface area (Å²) in [5.41, 5.74) is 3.12. The van der Waals surface area contributed by atoms with Crippen LogP contribution in [0.2, 0.25) is 5.02 Å². The van der Waals surface area contributed by atoms with E-state index in [1.807, 2.05) is 19.1 Å². The van der Waals surface area contributed by atoms with Crippen molar-refractivity contribution in [2.24, 2.45) is 5.92 Å². The highest BCUT2D eigenvalue weighted by Gasteiger charge is 2.27. The Morgan fingerprint density at radius 2 is 2.06 bits per heavy atom. The number of anilines is 1. The van der Waals surface area contributed by atoms with Gasteiger partial charge in [0.2, 0.25) is 0 Å². The lowest BCUT2D eigenvalue weighted by molar-refractivity contribution is -0.138. The van der Waals surface area contributed by atoms with Crippen LogP contribution in [-0.2, 0) is 11.2 Å². The molecule has 4 rings (SSSR count). The van der Waals surface area contributed by atoms with Gasteiger partial charge in [0.15, 0.2) is 0 Å². The van der Waals surface area contributed by atoms with Crippen molar-refractivity contribution < 1.29 is 9.90 Å². The third-order valence-electron chi connectivity index (χ3n) is 6.32. The molecule has 5 nitrogen and oxygen atoms in total. The Morgan fingerprint density at radius 1 is 1.29 bits per heavy atom. The Balaban J connectivity index is 1.78. The maximum atomic E-state index is 12.1. The van der Waals surface area contributed by atoms with E-state index < -0.39 is 12.0 Å². The molecule has 7 heteroatoms. The molecule has 0 spiro atoms. The van der Waals surface area contributed by atoms with E-state index in [-0.39, 0.29) is 0 Å². The normalized spacial score (nSPS) is 15.8. The van der Waals surface area contributed by atoms with E-state index in [1.54, 1.807) is 11.3 Å². The molecule has 1 saturated carbocycles. The molecule has 0 bridgehead atoms. The van der Waals surface area contributed by atoms with Crippen molar-refractivity contribution >= 4 is 44.9 Å². The van der Waals surface area contributed by atoms with Gasteiger partial charge in [0.25, 0.3) is 0 Å². The van der Waals surface area contributed by atoms with Gasteiger partial charge in [-0.3, -0.25) is 0 Å². The van der Waals surface area contributed by atoms with Gasteiger partial charge in [0.1, 0.15) is 23.0 Å². The zero-order valence-electron chi connectivity index (χ0n) is 17.9. The highest BCUT2D eigenvalue weighted by Crippen LogP contribution is 2.43. The minimum atomic E-state index is -0.830. The summed E-state index contributed by atoms with van der Waals surface area (Å²) >= 11 is 8.07. The van der Waals surface area contributed by atoms with E-state index in [0.29, 0.717) is 23.2 Å². The number of hydrogen-bond acceptors (Lipinski definition) is 5. The average Bonchev–Trinajstić information content (AvgIpc) is 3.15. The number of nitrogens with zero attached hydrogens (tertiary/aromatic N) is 2. The van der Waals surface area contributed by atoms with E-state index in [9.17, 15) is 9.90 Å². The highest BCUT2D eigenvalue weighted by molar-refractivity contribution is 7.19. The smallest absolute Gasteiger partial charge is 0.326 e. The molecule has 31 heavy (non-hydrogen) atoms. The molecular weight excluding hydrogens is 430 g/mol. The molecule has 0 saturated heterocycles. The molecule has 0 unspecified atom stereocenters. The van der Waals surface area contributed by atoms with Crippen LogP contribution in [-0.4, -0.2) is 27.1 Å². The first-order valence-electron chi connectivity index (χ1n) is 11.0. The maximum absolute atomic E-state index is 12.1. The first-order chi connectivity index (χ1) is 15.0. The Hall–Kier alpha value is -2.18. The third kappa shape index (κ3) is 4.55. The summed E-state index contributed by atoms with van der Waals surface area (Å²) in [7, 11) is 0. The number of carboxylic acids is 1. The van der Waals surface area contributed by atoms with Crippen LogP contribution in [0, 0.1) is 12.8 Å². The lowest BCUT2D eigenvalue weighted by Gasteiger charge is -2.25. The van der Waals surface area contributed by atoms with Gasteiger partial charge < -0.3 is 10.4 Å². The summed E-state index contributed by atoms with van der Waals surface area (Å²) in [5, 5.41) is 14.8. The van der Waals surface area contributed by atoms with Crippen LogP contribution >= 0.6 is 22.9 Å². The molecule has 1 fully saturated rings. The van der Waals surface area contributed by atoms with Gasteiger partial charge in [-0.1, -0.05) is 62.8 Å². The average molecular weight is 458 g/mol. The maximum Gasteiger partial charge on any atom is 0.326 e. The quantitative estimate of drug-likeness (QED) is 0.412. The van der Waals surface area contributed by atoms with E-state index in [4.69, 9.17) is 11.6 Å². The van der Waals surface area contributed by atoms with Gasteiger partial charge in [0, 0.05) is 15.5 Å². The summed E-state index contributed by atoms with van der Waals surface area (Å²) in [6, 6.07) is 5.24. The minimum absolute atomic E-state index is 0.447. The van der Waals surface area contributed by atoms with Crippen molar-refractivity contribution in [1.29, 1.82) is 0 Å². The molecule has 1 aliphatic rings. The van der Waals surface area contributed by atoms with Crippen LogP contribution in [0.15, 0.2) is 24.5 Å². The number of benzene rings is 1. The van der Waals surface area contributed by atoms with Crippen molar-refractivity contribution in [2.75, 3.05) is 5.32 Å². The van der Waals surface area contributed by atoms with Gasteiger partial charge in [-0.05, 0) is 42.9 Å². The monoisotopic (exact) mass is 457 g/mol. The Kier molecular flexibility index (Phi) is 6.77. The van der Waals surface area contributed by atoms with E-state index in [2.05, 4.69) is 28.3 Å². The summed E-state index contributed by atoms with van der Waals surface area (Å²) in [6.45, 7) is 4.14. The molecule has 0 amide bonds. The molecule has 2 aromatic heterocycles. The molecular formula is C24H28ClN3O2S. The van der Waals surface area contributed by atoms with Crippen LogP contribution in [0.3, 0.4) is 0 Å². The number of carboxylic acid groups (broad SMARTS) is 1. The van der Waals surface area contributed by atoms with Crippen LogP contribution in [0.1, 0.15) is 55.9 Å². The second kappa shape index (κ2) is 9.53. The minimum Gasteiger partial charge on any atom is -0.480 e. The SMILES string of the molecule is CCc1sc2ncnc(N[C@H](CC3CCCCC3)C(=O)O)c2c1-c1cccc(Cl)c1C. The van der Waals surface area contributed by atoms with Crippen LogP contribution in [0.25, 0.3) is 21.3 Å². The molecule has 0 radical (unpaired) electrons. The Labute approximate surface area is 191 Å². The number of hydrogen-bond donors (Lipinski definition) is 2. The molecule has 3 aromatic rings. The van der Waals surface area contributed by atoms with E-state index >= 15 is 0 Å². The number of fused-ring (bicyclic) bond motifs is 1. The predicted molar refractivity (Wildman–Crippen MR) is 128 cm³/mol. The zero-order valence-corrected chi connectivity index (χ0v) is 19.5. The number of aromatic nitrogens is 2. The Morgan fingerprint density at radius 3 is 2.77 bits per heavy atom. The first kappa shape index (κ1) is 22.0. The molecule has 0 aliphatic heterocycles. The van der Waals surface area contributed by atoms with Crippen molar-refractivity contribution in [3.63, 3.8) is 0 Å². The fourth-order valence-corrected chi connectivity index (χ4v) is 5.91. The number of nitrogens with one attached hydrogen (secondary N) is 1. The van der Waals surface area contributed by atoms with Crippen LogP contribution in [0.4, 0.5) is 5.82 Å². The Bertz CT molecular complexity index is 1090. The molecule has 1 atom stereocenters. The number of carbonyl (C=O) groups is 1. The second-order valence-electron chi connectivity index (χ2n) is 8.34. The van der Waals surface area contributed by atoms with Gasteiger partial charge >= 0.3 is 5.97 Å². The van der Waals surface area contributed by atoms with E-state index in [1.165, 1.54) is 30.5 Å². The van der Waals surface area contributed by atoms with Crippen molar-refractivity contribution in [2.45, 2.75) is 64.8 Å². The number of aryl methyl sites for hydroxylation is 1. The number of halogens is 1. The van der Waals surface area contributed by atoms with E-state index in [0.717, 1.165) is 46.2 Å². The van der Waals surface area contributed by atoms with Crippen molar-refractivity contribution in [1.82, 2.24) is 9.97 Å². The predicted octanol–water partition coefficient (Wildman–Crippen LogP) is 6.72. The first-order valence-corrected chi connectivity index (χ1v) is 12.2. The summed E-state index contributed by atoms with van der Waals surface area (Å²) in [4.78, 5) is 23.2. The molecule has 1 aromatic carbocycles. The van der Waals surface area contributed by atoms with Crippen LogP contribution in [0.5, 0.6) is 0 Å². The molecule has 1 aliphatic carbocycles. The standard InChI is InChI=1S/C24H28ClN3O2S/c1-3-19-20(16-10-7-11-17(25)14(16)2)21-22(26-13-27-23(21)31-19)28-18(24(29)30)12-15-8-5-4-6-9-15/h7,10-11,13,15,18H,3-6,8-9,12H2,1-2H3,(H,29,30)(H,26,27,28)/t18-/m1/s1. The summed E-state index contributed by atoms with van der Waals surface area (Å²) in [6.07, 6.45) is 8.85. The number of thiophene rings is 1. The summed E-state index contributed by atoms with van der Waals surface area (Å²) < 4.78 is 0. The van der Waals surface area contributed by atoms with Crippen LogP contribution < -0.4 is 5.32 Å². The van der Waals surface area contributed by atoms with Gasteiger partial charge in [-0.2, -0.15) is 0 Å². The molecule has 2 N–H and O–H groups in total.